The van der Waals surface area contributed by atoms with Gasteiger partial charge >= 0.3 is 0 Å². The molecule has 29 heavy (non-hydrogen) atoms. The maximum Gasteiger partial charge on any atom is 0.251 e. The molecule has 1 heterocycles. The van der Waals surface area contributed by atoms with Gasteiger partial charge in [-0.05, 0) is 37.4 Å². The molecule has 162 valence electrons. The Hall–Kier alpha value is -2.12. The Balaban J connectivity index is 1.74. The molecular weight excluding hydrogens is 370 g/mol. The van der Waals surface area contributed by atoms with E-state index >= 15 is 0 Å². The average Bonchev–Trinajstić information content (AvgIpc) is 2.76. The molecule has 1 aliphatic heterocycles. The number of piperidine rings is 1. The van der Waals surface area contributed by atoms with Gasteiger partial charge in [0.05, 0.1) is 13.0 Å². The van der Waals surface area contributed by atoms with Gasteiger partial charge in [0.25, 0.3) is 5.91 Å². The molecule has 0 spiro atoms. The van der Waals surface area contributed by atoms with Crippen molar-refractivity contribution in [2.24, 2.45) is 0 Å². The van der Waals surface area contributed by atoms with Crippen molar-refractivity contribution in [1.82, 2.24) is 15.1 Å². The van der Waals surface area contributed by atoms with Crippen LogP contribution in [0.2, 0.25) is 0 Å². The minimum Gasteiger partial charge on any atom is -0.490 e. The number of hydrogen-bond acceptors (Lipinski definition) is 5. The van der Waals surface area contributed by atoms with Gasteiger partial charge in [0.15, 0.2) is 0 Å². The van der Waals surface area contributed by atoms with E-state index in [0.717, 1.165) is 38.2 Å². The van der Waals surface area contributed by atoms with E-state index in [9.17, 15) is 9.59 Å². The maximum atomic E-state index is 12.3. The standard InChI is InChI=1S/C22H35N3O4/c1-4-24(5-2)16-13-23-22(27)18-6-8-19(9-7-18)29-20-10-14-25(15-11-20)21(26)12-17-28-3/h6-9,20H,4-5,10-17H2,1-3H3,(H,23,27). The summed E-state index contributed by atoms with van der Waals surface area (Å²) < 4.78 is 11.0. The van der Waals surface area contributed by atoms with Crippen molar-refractivity contribution < 1.29 is 19.1 Å². The molecular formula is C22H35N3O4. The van der Waals surface area contributed by atoms with Crippen molar-refractivity contribution in [3.05, 3.63) is 29.8 Å². The number of likely N-dealkylation sites (tertiary alicyclic amines) is 1. The van der Waals surface area contributed by atoms with E-state index in [1.807, 2.05) is 17.0 Å². The van der Waals surface area contributed by atoms with Crippen LogP contribution in [0.1, 0.15) is 43.5 Å². The van der Waals surface area contributed by atoms with Crippen molar-refractivity contribution in [2.75, 3.05) is 53.0 Å². The van der Waals surface area contributed by atoms with Gasteiger partial charge in [-0.3, -0.25) is 9.59 Å². The SMILES string of the molecule is CCN(CC)CCNC(=O)c1ccc(OC2CCN(C(=O)CCOC)CC2)cc1. The van der Waals surface area contributed by atoms with Crippen LogP contribution in [0.4, 0.5) is 0 Å². The fourth-order valence-electron chi connectivity index (χ4n) is 3.42. The minimum absolute atomic E-state index is 0.0633. The number of carbonyl (C=O) groups excluding carboxylic acids is 2. The molecule has 2 rings (SSSR count). The second-order valence-electron chi connectivity index (χ2n) is 7.25. The number of amides is 2. The predicted octanol–water partition coefficient (Wildman–Crippen LogP) is 2.16. The lowest BCUT2D eigenvalue weighted by Crippen LogP contribution is -2.42. The third-order valence-corrected chi connectivity index (χ3v) is 5.34. The lowest BCUT2D eigenvalue weighted by Gasteiger charge is -2.32. The Morgan fingerprint density at radius 3 is 2.38 bits per heavy atom. The lowest BCUT2D eigenvalue weighted by molar-refractivity contribution is -0.133. The molecule has 0 saturated carbocycles. The maximum absolute atomic E-state index is 12.3. The summed E-state index contributed by atoms with van der Waals surface area (Å²) in [6, 6.07) is 7.28. The Morgan fingerprint density at radius 1 is 1.14 bits per heavy atom. The van der Waals surface area contributed by atoms with Crippen LogP contribution >= 0.6 is 0 Å². The smallest absolute Gasteiger partial charge is 0.251 e. The molecule has 0 radical (unpaired) electrons. The van der Waals surface area contributed by atoms with Crippen LogP contribution in [-0.2, 0) is 9.53 Å². The molecule has 1 fully saturated rings. The second-order valence-corrected chi connectivity index (χ2v) is 7.25. The summed E-state index contributed by atoms with van der Waals surface area (Å²) in [5.41, 5.74) is 0.635. The van der Waals surface area contributed by atoms with E-state index in [0.29, 0.717) is 38.2 Å². The van der Waals surface area contributed by atoms with Gasteiger partial charge in [-0.1, -0.05) is 13.8 Å². The Bertz CT molecular complexity index is 623. The fourth-order valence-corrected chi connectivity index (χ4v) is 3.42. The first-order valence-electron chi connectivity index (χ1n) is 10.6. The molecule has 0 aliphatic carbocycles. The quantitative estimate of drug-likeness (QED) is 0.611. The summed E-state index contributed by atoms with van der Waals surface area (Å²) in [5.74, 6) is 0.835. The lowest BCUT2D eigenvalue weighted by atomic mass is 10.1. The van der Waals surface area contributed by atoms with E-state index in [1.165, 1.54) is 0 Å². The number of likely N-dealkylation sites (N-methyl/N-ethyl adjacent to an activating group) is 1. The van der Waals surface area contributed by atoms with Gasteiger partial charge in [0.2, 0.25) is 5.91 Å². The molecule has 0 unspecified atom stereocenters. The molecule has 1 aliphatic rings. The Morgan fingerprint density at radius 2 is 1.79 bits per heavy atom. The zero-order valence-electron chi connectivity index (χ0n) is 18.0. The highest BCUT2D eigenvalue weighted by molar-refractivity contribution is 5.94. The fraction of sp³-hybridized carbons (Fsp3) is 0.636. The first kappa shape index (κ1) is 23.2. The highest BCUT2D eigenvalue weighted by atomic mass is 16.5. The molecule has 0 aromatic heterocycles. The van der Waals surface area contributed by atoms with Gasteiger partial charge in [-0.2, -0.15) is 0 Å². The summed E-state index contributed by atoms with van der Waals surface area (Å²) in [7, 11) is 1.61. The molecule has 1 aromatic carbocycles. The largest absolute Gasteiger partial charge is 0.490 e. The van der Waals surface area contributed by atoms with Gasteiger partial charge in [0, 0.05) is 51.7 Å². The van der Waals surface area contributed by atoms with Crippen LogP contribution in [-0.4, -0.2) is 80.7 Å². The summed E-state index contributed by atoms with van der Waals surface area (Å²) in [4.78, 5) is 28.4. The van der Waals surface area contributed by atoms with Gasteiger partial charge in [0.1, 0.15) is 11.9 Å². The number of rotatable bonds is 11. The molecule has 0 bridgehead atoms. The normalized spacial score (nSPS) is 14.8. The first-order valence-corrected chi connectivity index (χ1v) is 10.6. The molecule has 1 saturated heterocycles. The van der Waals surface area contributed by atoms with Crippen molar-refractivity contribution in [3.8, 4) is 5.75 Å². The summed E-state index contributed by atoms with van der Waals surface area (Å²) >= 11 is 0. The molecule has 7 heteroatoms. The minimum atomic E-state index is -0.0633. The van der Waals surface area contributed by atoms with E-state index in [2.05, 4.69) is 24.1 Å². The predicted molar refractivity (Wildman–Crippen MR) is 113 cm³/mol. The van der Waals surface area contributed by atoms with Crippen LogP contribution < -0.4 is 10.1 Å². The molecule has 2 amide bonds. The van der Waals surface area contributed by atoms with Crippen molar-refractivity contribution in [2.45, 2.75) is 39.2 Å². The molecule has 0 atom stereocenters. The summed E-state index contributed by atoms with van der Waals surface area (Å²) in [6.07, 6.45) is 2.15. The highest BCUT2D eigenvalue weighted by Gasteiger charge is 2.23. The number of nitrogens with zero attached hydrogens (tertiary/aromatic N) is 2. The van der Waals surface area contributed by atoms with Crippen LogP contribution in [0.15, 0.2) is 24.3 Å². The number of ether oxygens (including phenoxy) is 2. The van der Waals surface area contributed by atoms with Crippen molar-refractivity contribution >= 4 is 11.8 Å². The number of hydrogen-bond donors (Lipinski definition) is 1. The van der Waals surface area contributed by atoms with E-state index in [-0.39, 0.29) is 17.9 Å². The van der Waals surface area contributed by atoms with Crippen LogP contribution in [0.3, 0.4) is 0 Å². The molecule has 1 N–H and O–H groups in total. The van der Waals surface area contributed by atoms with Gasteiger partial charge in [-0.25, -0.2) is 0 Å². The highest BCUT2D eigenvalue weighted by Crippen LogP contribution is 2.20. The summed E-state index contributed by atoms with van der Waals surface area (Å²) in [6.45, 7) is 9.58. The van der Waals surface area contributed by atoms with Crippen LogP contribution in [0, 0.1) is 0 Å². The van der Waals surface area contributed by atoms with E-state index < -0.39 is 0 Å². The first-order chi connectivity index (χ1) is 14.1. The third kappa shape index (κ3) is 7.66. The number of methoxy groups -OCH3 is 1. The number of carbonyl (C=O) groups is 2. The topological polar surface area (TPSA) is 71.1 Å². The van der Waals surface area contributed by atoms with Crippen LogP contribution in [0.25, 0.3) is 0 Å². The zero-order chi connectivity index (χ0) is 21.1. The van der Waals surface area contributed by atoms with Crippen LogP contribution in [0.5, 0.6) is 5.75 Å². The van der Waals surface area contributed by atoms with Gasteiger partial charge < -0.3 is 24.6 Å². The van der Waals surface area contributed by atoms with E-state index in [1.54, 1.807) is 19.2 Å². The molecule has 1 aromatic rings. The zero-order valence-corrected chi connectivity index (χ0v) is 18.0. The number of benzene rings is 1. The van der Waals surface area contributed by atoms with Crippen molar-refractivity contribution in [1.29, 1.82) is 0 Å². The number of nitrogens with one attached hydrogen (secondary N) is 1. The van der Waals surface area contributed by atoms with E-state index in [4.69, 9.17) is 9.47 Å². The molecule has 7 nitrogen and oxygen atoms in total. The Labute approximate surface area is 174 Å². The third-order valence-electron chi connectivity index (χ3n) is 5.34. The average molecular weight is 406 g/mol. The monoisotopic (exact) mass is 405 g/mol. The Kier molecular flexibility index (Phi) is 9.94. The van der Waals surface area contributed by atoms with Crippen molar-refractivity contribution in [3.63, 3.8) is 0 Å². The second kappa shape index (κ2) is 12.4. The summed E-state index contributed by atoms with van der Waals surface area (Å²) in [5, 5.41) is 2.96. The van der Waals surface area contributed by atoms with Gasteiger partial charge in [-0.15, -0.1) is 0 Å².